The van der Waals surface area contributed by atoms with E-state index in [9.17, 15) is 18.4 Å². The smallest absolute Gasteiger partial charge is 0.407 e. The van der Waals surface area contributed by atoms with E-state index < -0.39 is 12.6 Å². The fourth-order valence-electron chi connectivity index (χ4n) is 7.19. The number of benzene rings is 1. The van der Waals surface area contributed by atoms with Gasteiger partial charge in [-0.3, -0.25) is 4.79 Å². The average Bonchev–Trinajstić information content (AvgIpc) is 3.35. The average molecular weight is 654 g/mol. The van der Waals surface area contributed by atoms with Crippen molar-refractivity contribution in [2.45, 2.75) is 70.2 Å². The molecule has 1 saturated carbocycles. The third kappa shape index (κ3) is 5.19. The van der Waals surface area contributed by atoms with E-state index in [0.717, 1.165) is 58.5 Å². The quantitative estimate of drug-likeness (QED) is 0.169. The number of anilines is 1. The molecule has 0 spiro atoms. The van der Waals surface area contributed by atoms with E-state index in [1.54, 1.807) is 38.5 Å². The third-order valence-electron chi connectivity index (χ3n) is 9.45. The lowest BCUT2D eigenvalue weighted by Gasteiger charge is -2.25. The molecule has 3 atom stereocenters. The topological polar surface area (TPSA) is 107 Å². The molecule has 46 heavy (non-hydrogen) atoms. The molecule has 3 aromatic heterocycles. The van der Waals surface area contributed by atoms with Gasteiger partial charge < -0.3 is 28.8 Å². The Labute approximate surface area is 269 Å². The Morgan fingerprint density at radius 2 is 1.96 bits per heavy atom. The highest BCUT2D eigenvalue weighted by Crippen LogP contribution is 2.41. The zero-order valence-corrected chi connectivity index (χ0v) is 27.0. The first-order valence-electron chi connectivity index (χ1n) is 15.6. The lowest BCUT2D eigenvalue weighted by atomic mass is 9.96. The van der Waals surface area contributed by atoms with E-state index in [2.05, 4.69) is 14.9 Å². The van der Waals surface area contributed by atoms with Crippen molar-refractivity contribution in [3.05, 3.63) is 35.9 Å². The highest BCUT2D eigenvalue weighted by molar-refractivity contribution is 7.99. The maximum atomic E-state index is 14.0. The molecule has 1 aliphatic carbocycles. The summed E-state index contributed by atoms with van der Waals surface area (Å²) in [5.41, 5.74) is 3.26. The fraction of sp³-hybridized carbons (Fsp3) is 0.500. The summed E-state index contributed by atoms with van der Waals surface area (Å²) in [6, 6.07) is 8.78. The Balaban J connectivity index is 1.27. The number of nitrogens with zero attached hydrogens (tertiary/aromatic N) is 6. The number of alkyl halides is 2. The summed E-state index contributed by atoms with van der Waals surface area (Å²) >= 11 is 0.932. The summed E-state index contributed by atoms with van der Waals surface area (Å²) < 4.78 is 43.3. The molecule has 1 aromatic carbocycles. The molecule has 5 heterocycles. The van der Waals surface area contributed by atoms with Gasteiger partial charge in [-0.2, -0.15) is 8.78 Å². The molecule has 1 N–H and O–H groups in total. The SMILES string of the molecule is CCOC(=O)N[C@@H]1C[C@@H]2CC[C@H]1N2C(=O)c1cc(OC)c2c(c1)nc(-c1cc3ccc(N(SC)C(F)F)nc3n1CC1CC1)n2C. The number of nitrogens with one attached hydrogen (secondary N) is 1. The normalized spacial score (nSPS) is 20.7. The molecular weight excluding hydrogens is 616 g/mol. The van der Waals surface area contributed by atoms with Crippen LogP contribution in [-0.4, -0.2) is 80.6 Å². The molecule has 7 rings (SSSR count). The molecular formula is C32H37F2N7O4S. The fourth-order valence-corrected chi connectivity index (χ4v) is 7.64. The highest BCUT2D eigenvalue weighted by Gasteiger charge is 2.49. The molecule has 14 heteroatoms. The number of aryl methyl sites for hydroxylation is 1. The summed E-state index contributed by atoms with van der Waals surface area (Å²) in [5.74, 6) is 1.74. The molecule has 11 nitrogen and oxygen atoms in total. The van der Waals surface area contributed by atoms with Crippen molar-refractivity contribution in [1.29, 1.82) is 0 Å². The van der Waals surface area contributed by atoms with Crippen LogP contribution in [0.3, 0.4) is 0 Å². The van der Waals surface area contributed by atoms with E-state index in [1.165, 1.54) is 0 Å². The number of pyridine rings is 1. The van der Waals surface area contributed by atoms with E-state index in [1.807, 2.05) is 28.6 Å². The molecule has 2 bridgehead atoms. The zero-order chi connectivity index (χ0) is 32.3. The molecule has 4 aromatic rings. The van der Waals surface area contributed by atoms with Gasteiger partial charge in [0.15, 0.2) is 5.82 Å². The second-order valence-corrected chi connectivity index (χ2v) is 13.0. The van der Waals surface area contributed by atoms with Crippen LogP contribution in [0.25, 0.3) is 33.6 Å². The maximum Gasteiger partial charge on any atom is 0.407 e. The number of hydrogen-bond acceptors (Lipinski definition) is 8. The first-order chi connectivity index (χ1) is 22.2. The van der Waals surface area contributed by atoms with Crippen molar-refractivity contribution in [3.8, 4) is 17.3 Å². The Kier molecular flexibility index (Phi) is 7.94. The Bertz CT molecular complexity index is 1820. The van der Waals surface area contributed by atoms with Crippen LogP contribution in [0.5, 0.6) is 5.75 Å². The Hall–Kier alpha value is -4.07. The van der Waals surface area contributed by atoms with Gasteiger partial charge in [0.2, 0.25) is 0 Å². The zero-order valence-electron chi connectivity index (χ0n) is 26.2. The predicted molar refractivity (Wildman–Crippen MR) is 172 cm³/mol. The van der Waals surface area contributed by atoms with Gasteiger partial charge in [-0.15, -0.1) is 0 Å². The molecule has 3 fully saturated rings. The molecule has 3 aliphatic rings. The number of amides is 2. The van der Waals surface area contributed by atoms with Crippen molar-refractivity contribution in [3.63, 3.8) is 0 Å². The minimum absolute atomic E-state index is 0.0352. The first-order valence-corrected chi connectivity index (χ1v) is 16.8. The second kappa shape index (κ2) is 11.9. The number of aromatic nitrogens is 4. The summed E-state index contributed by atoms with van der Waals surface area (Å²) in [6.07, 6.45) is 5.73. The number of rotatable bonds is 10. The van der Waals surface area contributed by atoms with Crippen molar-refractivity contribution in [1.82, 2.24) is 29.3 Å². The van der Waals surface area contributed by atoms with Crippen molar-refractivity contribution >= 4 is 51.8 Å². The third-order valence-corrected chi connectivity index (χ3v) is 10.2. The molecule has 2 amide bonds. The van der Waals surface area contributed by atoms with Crippen LogP contribution in [0.15, 0.2) is 30.3 Å². The van der Waals surface area contributed by atoms with Crippen molar-refractivity contribution in [2.24, 2.45) is 13.0 Å². The summed E-state index contributed by atoms with van der Waals surface area (Å²) in [5, 5.41) is 3.77. The summed E-state index contributed by atoms with van der Waals surface area (Å²) in [7, 11) is 3.48. The first kappa shape index (κ1) is 30.6. The van der Waals surface area contributed by atoms with Gasteiger partial charge in [-0.05, 0) is 87.2 Å². The van der Waals surface area contributed by atoms with Gasteiger partial charge in [-0.1, -0.05) is 0 Å². The number of alkyl carbamates (subject to hydrolysis) is 1. The van der Waals surface area contributed by atoms with E-state index in [0.29, 0.717) is 47.2 Å². The molecule has 2 aliphatic heterocycles. The van der Waals surface area contributed by atoms with Gasteiger partial charge in [0.05, 0.1) is 37.0 Å². The van der Waals surface area contributed by atoms with Gasteiger partial charge >= 0.3 is 12.6 Å². The maximum absolute atomic E-state index is 14.0. The molecule has 0 unspecified atom stereocenters. The molecule has 244 valence electrons. The standard InChI is InChI=1S/C32H37F2N7O4S/c1-5-45-32(43)36-21-15-20-9-10-23(21)40(20)30(42)19-12-22-27(25(14-19)44-3)38(2)29(35-22)24-13-18-8-11-26(41(46-4)31(33)34)37-28(18)39(24)16-17-6-7-17/h8,11-14,17,20-21,23,31H,5-7,9-10,15-16H2,1-4H3,(H,36,43)/t20-,21+,23+/m0/s1. The number of imidazole rings is 1. The van der Waals surface area contributed by atoms with Crippen molar-refractivity contribution < 1.29 is 27.8 Å². The number of hydrogen-bond donors (Lipinski definition) is 1. The number of ether oxygens (including phenoxy) is 2. The van der Waals surface area contributed by atoms with Crippen LogP contribution in [0.2, 0.25) is 0 Å². The van der Waals surface area contributed by atoms with E-state index >= 15 is 0 Å². The van der Waals surface area contributed by atoms with Crippen LogP contribution in [0, 0.1) is 5.92 Å². The summed E-state index contributed by atoms with van der Waals surface area (Å²) in [6.45, 7) is 0.0607. The molecule has 0 radical (unpaired) electrons. The lowest BCUT2D eigenvalue weighted by Crippen LogP contribution is -2.45. The monoisotopic (exact) mass is 653 g/mol. The largest absolute Gasteiger partial charge is 0.494 e. The lowest BCUT2D eigenvalue weighted by molar-refractivity contribution is 0.0720. The number of fused-ring (bicyclic) bond motifs is 4. The predicted octanol–water partition coefficient (Wildman–Crippen LogP) is 5.81. The number of methoxy groups -OCH3 is 1. The van der Waals surface area contributed by atoms with Crippen LogP contribution >= 0.6 is 11.9 Å². The highest BCUT2D eigenvalue weighted by atomic mass is 32.2. The van der Waals surface area contributed by atoms with Gasteiger partial charge in [-0.25, -0.2) is 19.1 Å². The van der Waals surface area contributed by atoms with Crippen molar-refractivity contribution in [2.75, 3.05) is 24.3 Å². The number of carbonyl (C=O) groups is 2. The van der Waals surface area contributed by atoms with Gasteiger partial charge in [0.25, 0.3) is 5.91 Å². The van der Waals surface area contributed by atoms with Crippen LogP contribution in [0.1, 0.15) is 49.4 Å². The van der Waals surface area contributed by atoms with E-state index in [4.69, 9.17) is 14.5 Å². The number of halogens is 2. The minimum atomic E-state index is -2.69. The molecule has 2 saturated heterocycles. The number of carbonyl (C=O) groups excluding carboxylic acids is 2. The van der Waals surface area contributed by atoms with E-state index in [-0.39, 0.29) is 36.5 Å². The summed E-state index contributed by atoms with van der Waals surface area (Å²) in [4.78, 5) is 37.8. The van der Waals surface area contributed by atoms with Crippen LogP contribution < -0.4 is 14.4 Å². The van der Waals surface area contributed by atoms with Crippen LogP contribution in [-0.2, 0) is 18.3 Å². The second-order valence-electron chi connectivity index (χ2n) is 12.2. The Morgan fingerprint density at radius 1 is 1.15 bits per heavy atom. The Morgan fingerprint density at radius 3 is 2.65 bits per heavy atom. The van der Waals surface area contributed by atoms with Crippen LogP contribution in [0.4, 0.5) is 19.4 Å². The van der Waals surface area contributed by atoms with Gasteiger partial charge in [0.1, 0.15) is 22.7 Å². The minimum Gasteiger partial charge on any atom is -0.494 e. The van der Waals surface area contributed by atoms with Gasteiger partial charge in [0, 0.05) is 36.8 Å².